The standard InChI is InChI=1S/C18H19BrN4S/c1-5-7-8-14(6-2)9-15(19)10-22-23-17-16-12(3)13(4)24-18(16)21-11-20-17/h5-11H,2H2,1,3-4H3,(H,20,21,23)/b7-5+,14-8+,15-9-,22-10-. The number of thiophene rings is 1. The van der Waals surface area contributed by atoms with Gasteiger partial charge in [0.2, 0.25) is 0 Å². The van der Waals surface area contributed by atoms with Crippen molar-refractivity contribution in [3.63, 3.8) is 0 Å². The molecule has 0 aliphatic rings. The zero-order valence-electron chi connectivity index (χ0n) is 13.9. The smallest absolute Gasteiger partial charge is 0.158 e. The van der Waals surface area contributed by atoms with E-state index in [2.05, 4.69) is 56.9 Å². The van der Waals surface area contributed by atoms with E-state index < -0.39 is 0 Å². The number of fused-ring (bicyclic) bond motifs is 1. The Labute approximate surface area is 154 Å². The number of allylic oxidation sites excluding steroid dienone is 7. The van der Waals surface area contributed by atoms with Gasteiger partial charge in [-0.25, -0.2) is 9.97 Å². The summed E-state index contributed by atoms with van der Waals surface area (Å²) in [5.41, 5.74) is 5.17. The molecule has 2 aromatic rings. The fourth-order valence-electron chi connectivity index (χ4n) is 2.00. The molecule has 2 heterocycles. The zero-order chi connectivity index (χ0) is 17.5. The number of aromatic nitrogens is 2. The number of hydrazone groups is 1. The third-order valence-electron chi connectivity index (χ3n) is 3.35. The van der Waals surface area contributed by atoms with Crippen LogP contribution in [0.5, 0.6) is 0 Å². The molecular weight excluding hydrogens is 384 g/mol. The lowest BCUT2D eigenvalue weighted by molar-refractivity contribution is 1.19. The molecule has 6 heteroatoms. The average molecular weight is 403 g/mol. The first-order valence-corrected chi connectivity index (χ1v) is 9.00. The second-order valence-corrected chi connectivity index (χ2v) is 7.10. The highest BCUT2D eigenvalue weighted by Gasteiger charge is 2.11. The van der Waals surface area contributed by atoms with Gasteiger partial charge in [-0.05, 0) is 53.9 Å². The van der Waals surface area contributed by atoms with Crippen molar-refractivity contribution in [2.24, 2.45) is 5.10 Å². The first kappa shape index (κ1) is 18.3. The number of nitrogens with one attached hydrogen (secondary N) is 1. The third-order valence-corrected chi connectivity index (χ3v) is 4.89. The molecule has 0 aliphatic heterocycles. The third kappa shape index (κ3) is 4.49. The molecule has 0 unspecified atom stereocenters. The minimum absolute atomic E-state index is 0.715. The van der Waals surface area contributed by atoms with Gasteiger partial charge in [0.15, 0.2) is 5.82 Å². The number of anilines is 1. The van der Waals surface area contributed by atoms with Crippen LogP contribution in [0.1, 0.15) is 17.4 Å². The van der Waals surface area contributed by atoms with Crippen LogP contribution in [0.2, 0.25) is 0 Å². The number of nitrogens with zero attached hydrogens (tertiary/aromatic N) is 3. The molecule has 4 nitrogen and oxygen atoms in total. The van der Waals surface area contributed by atoms with Crippen molar-refractivity contribution in [2.45, 2.75) is 20.8 Å². The molecule has 0 radical (unpaired) electrons. The average Bonchev–Trinajstić information content (AvgIpc) is 2.86. The van der Waals surface area contributed by atoms with Crippen LogP contribution in [0.25, 0.3) is 10.2 Å². The van der Waals surface area contributed by atoms with Gasteiger partial charge >= 0.3 is 0 Å². The van der Waals surface area contributed by atoms with E-state index in [9.17, 15) is 0 Å². The Kier molecular flexibility index (Phi) is 6.63. The molecule has 0 amide bonds. The first-order valence-electron chi connectivity index (χ1n) is 7.39. The Morgan fingerprint density at radius 3 is 2.88 bits per heavy atom. The van der Waals surface area contributed by atoms with E-state index in [-0.39, 0.29) is 0 Å². The van der Waals surface area contributed by atoms with Gasteiger partial charge in [-0.2, -0.15) is 5.10 Å². The summed E-state index contributed by atoms with van der Waals surface area (Å²) in [6.45, 7) is 9.93. The summed E-state index contributed by atoms with van der Waals surface area (Å²) >= 11 is 5.14. The highest BCUT2D eigenvalue weighted by Crippen LogP contribution is 2.32. The van der Waals surface area contributed by atoms with E-state index >= 15 is 0 Å². The molecule has 2 aromatic heterocycles. The van der Waals surface area contributed by atoms with Crippen molar-refractivity contribution in [3.8, 4) is 0 Å². The summed E-state index contributed by atoms with van der Waals surface area (Å²) in [6, 6.07) is 0. The molecule has 0 saturated carbocycles. The van der Waals surface area contributed by atoms with Crippen molar-refractivity contribution in [1.82, 2.24) is 9.97 Å². The molecule has 0 bridgehead atoms. The molecular formula is C18H19BrN4S. The Morgan fingerprint density at radius 2 is 2.17 bits per heavy atom. The molecule has 0 aromatic carbocycles. The maximum Gasteiger partial charge on any atom is 0.158 e. The maximum atomic E-state index is 4.32. The van der Waals surface area contributed by atoms with Crippen molar-refractivity contribution in [1.29, 1.82) is 0 Å². The molecule has 1 N–H and O–H groups in total. The van der Waals surface area contributed by atoms with E-state index in [1.807, 2.05) is 31.2 Å². The zero-order valence-corrected chi connectivity index (χ0v) is 16.3. The minimum Gasteiger partial charge on any atom is -0.261 e. The monoisotopic (exact) mass is 402 g/mol. The van der Waals surface area contributed by atoms with Gasteiger partial charge in [0.05, 0.1) is 11.6 Å². The van der Waals surface area contributed by atoms with E-state index in [1.54, 1.807) is 30.0 Å². The van der Waals surface area contributed by atoms with E-state index in [1.165, 1.54) is 10.4 Å². The lowest BCUT2D eigenvalue weighted by Crippen LogP contribution is -1.95. The van der Waals surface area contributed by atoms with Gasteiger partial charge in [-0.1, -0.05) is 30.9 Å². The number of halogens is 1. The maximum absolute atomic E-state index is 4.32. The van der Waals surface area contributed by atoms with Crippen LogP contribution >= 0.6 is 27.3 Å². The lowest BCUT2D eigenvalue weighted by Gasteiger charge is -2.01. The van der Waals surface area contributed by atoms with E-state index in [0.29, 0.717) is 5.82 Å². The predicted molar refractivity (Wildman–Crippen MR) is 109 cm³/mol. The molecule has 2 rings (SSSR count). The van der Waals surface area contributed by atoms with Crippen LogP contribution in [0.3, 0.4) is 0 Å². The number of hydrogen-bond acceptors (Lipinski definition) is 5. The molecule has 24 heavy (non-hydrogen) atoms. The summed E-state index contributed by atoms with van der Waals surface area (Å²) in [5, 5.41) is 5.28. The normalized spacial score (nSPS) is 13.3. The number of rotatable bonds is 6. The van der Waals surface area contributed by atoms with E-state index in [0.717, 1.165) is 20.3 Å². The highest BCUT2D eigenvalue weighted by atomic mass is 79.9. The molecule has 124 valence electrons. The Balaban J connectivity index is 2.18. The van der Waals surface area contributed by atoms with Gasteiger partial charge in [0.1, 0.15) is 11.2 Å². The number of hydrogen-bond donors (Lipinski definition) is 1. The topological polar surface area (TPSA) is 50.2 Å². The van der Waals surface area contributed by atoms with E-state index in [4.69, 9.17) is 0 Å². The molecule has 0 spiro atoms. The van der Waals surface area contributed by atoms with Crippen LogP contribution in [0.4, 0.5) is 5.82 Å². The minimum atomic E-state index is 0.715. The van der Waals surface area contributed by atoms with Crippen molar-refractivity contribution in [2.75, 3.05) is 5.43 Å². The Bertz CT molecular complexity index is 859. The van der Waals surface area contributed by atoms with Gasteiger partial charge in [-0.3, -0.25) is 5.43 Å². The van der Waals surface area contributed by atoms with Gasteiger partial charge in [0, 0.05) is 9.36 Å². The summed E-state index contributed by atoms with van der Waals surface area (Å²) in [4.78, 5) is 10.8. The fourth-order valence-corrected chi connectivity index (χ4v) is 3.36. The van der Waals surface area contributed by atoms with Crippen molar-refractivity contribution < 1.29 is 0 Å². The second-order valence-electron chi connectivity index (χ2n) is 4.98. The quantitative estimate of drug-likeness (QED) is 0.384. The summed E-state index contributed by atoms with van der Waals surface area (Å²) in [5.74, 6) is 0.715. The summed E-state index contributed by atoms with van der Waals surface area (Å²) < 4.78 is 0.828. The largest absolute Gasteiger partial charge is 0.261 e. The fraction of sp³-hybridized carbons (Fsp3) is 0.167. The molecule has 0 saturated heterocycles. The molecule has 0 fully saturated rings. The van der Waals surface area contributed by atoms with Crippen molar-refractivity contribution in [3.05, 3.63) is 63.8 Å². The highest BCUT2D eigenvalue weighted by molar-refractivity contribution is 9.12. The predicted octanol–water partition coefficient (Wildman–Crippen LogP) is 5.67. The second kappa shape index (κ2) is 8.70. The van der Waals surface area contributed by atoms with Crippen LogP contribution in [0.15, 0.2) is 58.4 Å². The molecule has 0 atom stereocenters. The van der Waals surface area contributed by atoms with Crippen LogP contribution < -0.4 is 5.43 Å². The van der Waals surface area contributed by atoms with Gasteiger partial charge in [-0.15, -0.1) is 11.3 Å². The SMILES string of the molecule is C=CC(/C=C(Br)/C=N\Nc1ncnc2sc(C)c(C)c12)=C\C=C\C. The molecule has 0 aliphatic carbocycles. The van der Waals surface area contributed by atoms with Crippen LogP contribution in [-0.2, 0) is 0 Å². The van der Waals surface area contributed by atoms with Crippen molar-refractivity contribution >= 4 is 49.5 Å². The van der Waals surface area contributed by atoms with Crippen LogP contribution in [-0.4, -0.2) is 16.2 Å². The van der Waals surface area contributed by atoms with Gasteiger partial charge in [0.25, 0.3) is 0 Å². The van der Waals surface area contributed by atoms with Gasteiger partial charge < -0.3 is 0 Å². The lowest BCUT2D eigenvalue weighted by atomic mass is 10.2. The summed E-state index contributed by atoms with van der Waals surface area (Å²) in [6.07, 6.45) is 12.9. The van der Waals surface area contributed by atoms with Crippen LogP contribution in [0, 0.1) is 13.8 Å². The Hall–Kier alpha value is -2.05. The Morgan fingerprint density at radius 1 is 1.38 bits per heavy atom. The summed E-state index contributed by atoms with van der Waals surface area (Å²) in [7, 11) is 0. The number of aryl methyl sites for hydroxylation is 2. The first-order chi connectivity index (χ1) is 11.6.